The van der Waals surface area contributed by atoms with Crippen molar-refractivity contribution < 1.29 is 9.53 Å². The van der Waals surface area contributed by atoms with Crippen LogP contribution >= 0.6 is 11.3 Å². The third kappa shape index (κ3) is 6.07. The van der Waals surface area contributed by atoms with Crippen LogP contribution in [-0.2, 0) is 12.0 Å². The molecule has 7 nitrogen and oxygen atoms in total. The number of nitrogens with one attached hydrogen (secondary N) is 4. The van der Waals surface area contributed by atoms with Gasteiger partial charge in [0.05, 0.1) is 12.8 Å². The Labute approximate surface area is 205 Å². The Bertz CT molecular complexity index is 1070. The molecule has 0 radical (unpaired) electrons. The van der Waals surface area contributed by atoms with E-state index < -0.39 is 0 Å². The van der Waals surface area contributed by atoms with E-state index in [1.54, 1.807) is 7.11 Å². The number of hydrogen-bond donors (Lipinski definition) is 4. The second kappa shape index (κ2) is 10.9. The first-order chi connectivity index (χ1) is 16.4. The van der Waals surface area contributed by atoms with Crippen LogP contribution in [0.1, 0.15) is 43.5 Å². The summed E-state index contributed by atoms with van der Waals surface area (Å²) in [7, 11) is 1.66. The van der Waals surface area contributed by atoms with Gasteiger partial charge in [-0.15, -0.1) is 11.3 Å². The fourth-order valence-electron chi connectivity index (χ4n) is 4.02. The molecule has 1 aliphatic heterocycles. The van der Waals surface area contributed by atoms with Crippen molar-refractivity contribution in [3.63, 3.8) is 0 Å². The number of benzene rings is 2. The SMILES string of the molecule is COc1ccc(C(C)(C)c2csc(NC(=O)NCc3ccc(NC4CCNCC4)cc3)n2)cc1. The fourth-order valence-corrected chi connectivity index (χ4v) is 4.89. The van der Waals surface area contributed by atoms with Gasteiger partial charge in [-0.05, 0) is 61.3 Å². The zero-order valence-electron chi connectivity index (χ0n) is 20.0. The van der Waals surface area contributed by atoms with Crippen LogP contribution in [0.5, 0.6) is 5.75 Å². The number of carbonyl (C=O) groups excluding carboxylic acids is 1. The summed E-state index contributed by atoms with van der Waals surface area (Å²) < 4.78 is 5.25. The summed E-state index contributed by atoms with van der Waals surface area (Å²) in [5, 5.41) is 15.3. The van der Waals surface area contributed by atoms with Gasteiger partial charge in [-0.3, -0.25) is 5.32 Å². The lowest BCUT2D eigenvalue weighted by Gasteiger charge is -2.24. The van der Waals surface area contributed by atoms with E-state index in [-0.39, 0.29) is 11.4 Å². The van der Waals surface area contributed by atoms with Gasteiger partial charge in [-0.1, -0.05) is 38.1 Å². The van der Waals surface area contributed by atoms with Crippen molar-refractivity contribution in [2.75, 3.05) is 30.8 Å². The van der Waals surface area contributed by atoms with Gasteiger partial charge in [-0.2, -0.15) is 0 Å². The average Bonchev–Trinajstić information content (AvgIpc) is 3.33. The van der Waals surface area contributed by atoms with E-state index >= 15 is 0 Å². The maximum atomic E-state index is 12.4. The predicted octanol–water partition coefficient (Wildman–Crippen LogP) is 4.96. The average molecular weight is 480 g/mol. The molecular weight excluding hydrogens is 446 g/mol. The van der Waals surface area contributed by atoms with Crippen LogP contribution in [0.4, 0.5) is 15.6 Å². The van der Waals surface area contributed by atoms with Crippen molar-refractivity contribution in [1.82, 2.24) is 15.6 Å². The van der Waals surface area contributed by atoms with Crippen molar-refractivity contribution in [2.24, 2.45) is 0 Å². The van der Waals surface area contributed by atoms with Crippen LogP contribution in [-0.4, -0.2) is 37.3 Å². The van der Waals surface area contributed by atoms with E-state index in [9.17, 15) is 4.79 Å². The summed E-state index contributed by atoms with van der Waals surface area (Å²) in [6.45, 7) is 6.83. The van der Waals surface area contributed by atoms with Gasteiger partial charge in [0.1, 0.15) is 5.75 Å². The Kier molecular flexibility index (Phi) is 7.70. The number of ether oxygens (including phenoxy) is 1. The first kappa shape index (κ1) is 24.0. The molecule has 180 valence electrons. The molecule has 1 fully saturated rings. The molecule has 1 saturated heterocycles. The van der Waals surface area contributed by atoms with Crippen LogP contribution in [0.25, 0.3) is 0 Å². The molecule has 3 aromatic rings. The highest BCUT2D eigenvalue weighted by molar-refractivity contribution is 7.13. The normalized spacial score (nSPS) is 14.4. The van der Waals surface area contributed by atoms with E-state index in [2.05, 4.69) is 52.2 Å². The van der Waals surface area contributed by atoms with Crippen LogP contribution in [0.15, 0.2) is 53.9 Å². The quantitative estimate of drug-likeness (QED) is 0.367. The number of methoxy groups -OCH3 is 1. The molecule has 8 heteroatoms. The Morgan fingerprint density at radius 2 is 1.82 bits per heavy atom. The summed E-state index contributed by atoms with van der Waals surface area (Å²) in [5.74, 6) is 0.824. The summed E-state index contributed by atoms with van der Waals surface area (Å²) in [6, 6.07) is 16.5. The second-order valence-electron chi connectivity index (χ2n) is 9.06. The lowest BCUT2D eigenvalue weighted by Crippen LogP contribution is -2.35. The van der Waals surface area contributed by atoms with E-state index in [1.807, 2.05) is 41.8 Å². The molecule has 34 heavy (non-hydrogen) atoms. The van der Waals surface area contributed by atoms with Gasteiger partial charge in [-0.25, -0.2) is 9.78 Å². The smallest absolute Gasteiger partial charge is 0.321 e. The van der Waals surface area contributed by atoms with Gasteiger partial charge in [0.25, 0.3) is 0 Å². The molecule has 1 aromatic heterocycles. The van der Waals surface area contributed by atoms with Crippen LogP contribution < -0.4 is 26.0 Å². The number of rotatable bonds is 8. The molecule has 2 heterocycles. The molecule has 0 aliphatic carbocycles. The number of amides is 2. The molecule has 4 N–H and O–H groups in total. The number of hydrogen-bond acceptors (Lipinski definition) is 6. The van der Waals surface area contributed by atoms with Gasteiger partial charge in [0.15, 0.2) is 5.13 Å². The minimum Gasteiger partial charge on any atom is -0.497 e. The predicted molar refractivity (Wildman–Crippen MR) is 139 cm³/mol. The Hall–Kier alpha value is -3.10. The number of urea groups is 1. The fraction of sp³-hybridized carbons (Fsp3) is 0.385. The lowest BCUT2D eigenvalue weighted by molar-refractivity contribution is 0.251. The van der Waals surface area contributed by atoms with Crippen molar-refractivity contribution in [2.45, 2.75) is 44.7 Å². The Balaban J connectivity index is 1.28. The first-order valence-corrected chi connectivity index (χ1v) is 12.5. The lowest BCUT2D eigenvalue weighted by atomic mass is 9.82. The van der Waals surface area contributed by atoms with Crippen LogP contribution in [0.2, 0.25) is 0 Å². The molecule has 4 rings (SSSR count). The molecule has 2 aromatic carbocycles. The molecule has 0 spiro atoms. The molecule has 0 atom stereocenters. The van der Waals surface area contributed by atoms with Gasteiger partial charge >= 0.3 is 6.03 Å². The monoisotopic (exact) mass is 479 g/mol. The molecule has 1 aliphatic rings. The number of anilines is 2. The van der Waals surface area contributed by atoms with Crippen molar-refractivity contribution in [3.05, 3.63) is 70.7 Å². The Morgan fingerprint density at radius 1 is 1.12 bits per heavy atom. The molecule has 0 saturated carbocycles. The van der Waals surface area contributed by atoms with Crippen molar-refractivity contribution in [3.8, 4) is 5.75 Å². The van der Waals surface area contributed by atoms with Gasteiger partial charge in [0, 0.05) is 29.1 Å². The van der Waals surface area contributed by atoms with E-state index in [1.165, 1.54) is 11.3 Å². The standard InChI is InChI=1S/C26H33N5O2S/c1-26(2,19-6-10-22(33-3)11-7-19)23-17-34-25(30-23)31-24(32)28-16-18-4-8-20(9-5-18)29-21-12-14-27-15-13-21/h4-11,17,21,27,29H,12-16H2,1-3H3,(H2,28,30,31,32). The minimum absolute atomic E-state index is 0.264. The highest BCUT2D eigenvalue weighted by Crippen LogP contribution is 2.34. The highest BCUT2D eigenvalue weighted by Gasteiger charge is 2.26. The van der Waals surface area contributed by atoms with Gasteiger partial charge in [0.2, 0.25) is 0 Å². The highest BCUT2D eigenvalue weighted by atomic mass is 32.1. The number of aromatic nitrogens is 1. The zero-order chi connectivity index (χ0) is 24.0. The maximum absolute atomic E-state index is 12.4. The molecular formula is C26H33N5O2S. The number of carbonyl (C=O) groups is 1. The third-order valence-electron chi connectivity index (χ3n) is 6.29. The second-order valence-corrected chi connectivity index (χ2v) is 9.92. The topological polar surface area (TPSA) is 87.3 Å². The van der Waals surface area contributed by atoms with Crippen molar-refractivity contribution in [1.29, 1.82) is 0 Å². The molecule has 2 amide bonds. The first-order valence-electron chi connectivity index (χ1n) is 11.7. The van der Waals surface area contributed by atoms with E-state index in [0.717, 1.165) is 54.2 Å². The van der Waals surface area contributed by atoms with Crippen LogP contribution in [0, 0.1) is 0 Å². The minimum atomic E-state index is -0.289. The van der Waals surface area contributed by atoms with Crippen LogP contribution in [0.3, 0.4) is 0 Å². The third-order valence-corrected chi connectivity index (χ3v) is 7.05. The number of thiazole rings is 1. The zero-order valence-corrected chi connectivity index (χ0v) is 20.8. The molecule has 0 bridgehead atoms. The van der Waals surface area contributed by atoms with E-state index in [4.69, 9.17) is 4.74 Å². The summed E-state index contributed by atoms with van der Waals surface area (Å²) >= 11 is 1.43. The summed E-state index contributed by atoms with van der Waals surface area (Å²) in [5.41, 5.74) is 3.92. The van der Waals surface area contributed by atoms with E-state index in [0.29, 0.717) is 17.7 Å². The van der Waals surface area contributed by atoms with Crippen molar-refractivity contribution >= 4 is 28.2 Å². The number of nitrogens with zero attached hydrogens (tertiary/aromatic N) is 1. The Morgan fingerprint density at radius 3 is 2.50 bits per heavy atom. The summed E-state index contributed by atoms with van der Waals surface area (Å²) in [6.07, 6.45) is 2.28. The maximum Gasteiger partial charge on any atom is 0.321 e. The van der Waals surface area contributed by atoms with Gasteiger partial charge < -0.3 is 20.7 Å². The largest absolute Gasteiger partial charge is 0.497 e. The summed E-state index contributed by atoms with van der Waals surface area (Å²) in [4.78, 5) is 17.1. The molecule has 0 unspecified atom stereocenters. The number of piperidine rings is 1.